The summed E-state index contributed by atoms with van der Waals surface area (Å²) in [6.07, 6.45) is 98.0. The highest BCUT2D eigenvalue weighted by molar-refractivity contribution is 5.71. The maximum atomic E-state index is 12.9. The number of unbranched alkanes of at least 4 members (excludes halogenated alkanes) is 32. The summed E-state index contributed by atoms with van der Waals surface area (Å²) in [5.41, 5.74) is 0. The van der Waals surface area contributed by atoms with Crippen LogP contribution in [0.1, 0.15) is 329 Å². The molecular formula is C77H130O6. The number of hydrogen-bond donors (Lipinski definition) is 0. The molecule has 0 aromatic carbocycles. The number of allylic oxidation sites excluding steroid dienone is 20. The average Bonchev–Trinajstić information content (AvgIpc) is 3.48. The van der Waals surface area contributed by atoms with Gasteiger partial charge in [0.15, 0.2) is 6.10 Å². The Morgan fingerprint density at radius 2 is 0.470 bits per heavy atom. The molecule has 0 spiro atoms. The molecule has 83 heavy (non-hydrogen) atoms. The second kappa shape index (κ2) is 70.3. The topological polar surface area (TPSA) is 78.9 Å². The molecule has 0 rings (SSSR count). The van der Waals surface area contributed by atoms with E-state index in [0.717, 1.165) is 122 Å². The SMILES string of the molecule is CC/C=C\C/C=C\C/C=C\C/C=C\C/C=C\CCCCCCCCCCCCCCCCCC(=O)OCC(COC(=O)CCCCCCC/C=C\CCCC)OC(=O)CCCCCCCCCCCC/C=C\C/C=C\C/C=C\C/C=C\CC. The molecule has 474 valence electrons. The quantitative estimate of drug-likeness (QED) is 0.0261. The van der Waals surface area contributed by atoms with Crippen LogP contribution in [0.5, 0.6) is 0 Å². The van der Waals surface area contributed by atoms with Gasteiger partial charge in [-0.2, -0.15) is 0 Å². The summed E-state index contributed by atoms with van der Waals surface area (Å²) in [5.74, 6) is -0.886. The van der Waals surface area contributed by atoms with Crippen LogP contribution in [0.2, 0.25) is 0 Å². The van der Waals surface area contributed by atoms with E-state index in [1.165, 1.54) is 167 Å². The van der Waals surface area contributed by atoms with E-state index >= 15 is 0 Å². The van der Waals surface area contributed by atoms with Crippen LogP contribution in [-0.4, -0.2) is 37.2 Å². The molecule has 6 nitrogen and oxygen atoms in total. The van der Waals surface area contributed by atoms with Crippen molar-refractivity contribution < 1.29 is 28.6 Å². The number of hydrogen-bond acceptors (Lipinski definition) is 6. The van der Waals surface area contributed by atoms with Crippen LogP contribution in [-0.2, 0) is 28.6 Å². The third kappa shape index (κ3) is 68.5. The molecular weight excluding hydrogens is 1020 g/mol. The lowest BCUT2D eigenvalue weighted by Crippen LogP contribution is -2.30. The second-order valence-electron chi connectivity index (χ2n) is 23.0. The van der Waals surface area contributed by atoms with E-state index in [2.05, 4.69) is 142 Å². The first-order valence-corrected chi connectivity index (χ1v) is 35.0. The number of esters is 3. The number of carbonyl (C=O) groups is 3. The molecule has 0 bridgehead atoms. The Bertz CT molecular complexity index is 1700. The summed E-state index contributed by atoms with van der Waals surface area (Å²) in [6.45, 7) is 6.39. The molecule has 0 saturated carbocycles. The van der Waals surface area contributed by atoms with Gasteiger partial charge >= 0.3 is 17.9 Å². The van der Waals surface area contributed by atoms with Gasteiger partial charge in [0, 0.05) is 19.3 Å². The predicted octanol–water partition coefficient (Wildman–Crippen LogP) is 24.3. The van der Waals surface area contributed by atoms with E-state index in [4.69, 9.17) is 14.2 Å². The zero-order chi connectivity index (χ0) is 59.9. The Hall–Kier alpha value is -4.19. The fourth-order valence-electron chi connectivity index (χ4n) is 9.74. The highest BCUT2D eigenvalue weighted by Gasteiger charge is 2.19. The molecule has 0 N–H and O–H groups in total. The van der Waals surface area contributed by atoms with Crippen LogP contribution in [0, 0.1) is 0 Å². The molecule has 0 saturated heterocycles. The highest BCUT2D eigenvalue weighted by atomic mass is 16.6. The number of carbonyl (C=O) groups excluding carboxylic acids is 3. The fraction of sp³-hybridized carbons (Fsp3) is 0.701. The van der Waals surface area contributed by atoms with Crippen LogP contribution in [0.4, 0.5) is 0 Å². The summed E-state index contributed by atoms with van der Waals surface area (Å²) >= 11 is 0. The van der Waals surface area contributed by atoms with Crippen LogP contribution < -0.4 is 0 Å². The molecule has 0 aromatic rings. The van der Waals surface area contributed by atoms with E-state index in [-0.39, 0.29) is 31.1 Å². The summed E-state index contributed by atoms with van der Waals surface area (Å²) < 4.78 is 16.9. The van der Waals surface area contributed by atoms with Crippen molar-refractivity contribution in [2.75, 3.05) is 13.2 Å². The molecule has 0 aliphatic carbocycles. The Kier molecular flexibility index (Phi) is 66.7. The zero-order valence-corrected chi connectivity index (χ0v) is 54.4. The van der Waals surface area contributed by atoms with Crippen molar-refractivity contribution in [2.24, 2.45) is 0 Å². The molecule has 0 fully saturated rings. The van der Waals surface area contributed by atoms with E-state index in [9.17, 15) is 14.4 Å². The van der Waals surface area contributed by atoms with Crippen molar-refractivity contribution in [3.63, 3.8) is 0 Å². The lowest BCUT2D eigenvalue weighted by molar-refractivity contribution is -0.167. The maximum absolute atomic E-state index is 12.9. The van der Waals surface area contributed by atoms with Gasteiger partial charge in [0.1, 0.15) is 13.2 Å². The standard InChI is InChI=1S/C77H130O6/c1-4-7-10-13-16-19-22-24-26-28-30-32-34-35-36-37-38-39-40-41-43-44-46-48-50-52-55-58-61-64-67-70-76(79)82-73-74(72-81-75(78)69-66-63-60-57-54-21-18-15-12-9-6-3)83-77(80)71-68-65-62-59-56-53-51-49-47-45-42-33-31-29-27-25-23-20-17-14-11-8-5-2/h7-8,10-11,15-20,24-27,30-33,35-36,74H,4-6,9,12-14,21-23,28-29,34,37-73H2,1-3H3/b10-7-,11-8-,18-15-,19-16-,20-17-,26-24-,27-25-,32-30-,33-31-,36-35-. The molecule has 0 aromatic heterocycles. The average molecular weight is 1150 g/mol. The molecule has 0 aliphatic heterocycles. The van der Waals surface area contributed by atoms with Gasteiger partial charge in [0.25, 0.3) is 0 Å². The van der Waals surface area contributed by atoms with Crippen molar-refractivity contribution in [3.05, 3.63) is 122 Å². The molecule has 0 amide bonds. The minimum atomic E-state index is -0.786. The van der Waals surface area contributed by atoms with Crippen molar-refractivity contribution in [1.29, 1.82) is 0 Å². The van der Waals surface area contributed by atoms with Gasteiger partial charge in [-0.15, -0.1) is 0 Å². The van der Waals surface area contributed by atoms with Crippen LogP contribution >= 0.6 is 0 Å². The van der Waals surface area contributed by atoms with Crippen molar-refractivity contribution >= 4 is 17.9 Å². The third-order valence-corrected chi connectivity index (χ3v) is 14.9. The summed E-state index contributed by atoms with van der Waals surface area (Å²) in [7, 11) is 0. The van der Waals surface area contributed by atoms with Crippen molar-refractivity contribution in [2.45, 2.75) is 335 Å². The first kappa shape index (κ1) is 78.8. The molecule has 0 heterocycles. The highest BCUT2D eigenvalue weighted by Crippen LogP contribution is 2.17. The first-order valence-electron chi connectivity index (χ1n) is 35.0. The van der Waals surface area contributed by atoms with E-state index < -0.39 is 6.10 Å². The largest absolute Gasteiger partial charge is 0.462 e. The Morgan fingerprint density at radius 1 is 0.253 bits per heavy atom. The van der Waals surface area contributed by atoms with Gasteiger partial charge < -0.3 is 14.2 Å². The molecule has 1 unspecified atom stereocenters. The lowest BCUT2D eigenvalue weighted by Gasteiger charge is -2.18. The van der Waals surface area contributed by atoms with Crippen LogP contribution in [0.3, 0.4) is 0 Å². The van der Waals surface area contributed by atoms with Gasteiger partial charge in [-0.3, -0.25) is 14.4 Å². The van der Waals surface area contributed by atoms with Crippen molar-refractivity contribution in [3.8, 4) is 0 Å². The van der Waals surface area contributed by atoms with E-state index in [1.807, 2.05) is 0 Å². The third-order valence-electron chi connectivity index (χ3n) is 14.9. The normalized spacial score (nSPS) is 12.9. The first-order chi connectivity index (χ1) is 41.0. The van der Waals surface area contributed by atoms with Gasteiger partial charge in [0.2, 0.25) is 0 Å². The second-order valence-corrected chi connectivity index (χ2v) is 23.0. The molecule has 6 heteroatoms. The Balaban J connectivity index is 4.21. The lowest BCUT2D eigenvalue weighted by atomic mass is 10.0. The predicted molar refractivity (Wildman–Crippen MR) is 362 cm³/mol. The Morgan fingerprint density at radius 3 is 0.747 bits per heavy atom. The van der Waals surface area contributed by atoms with E-state index in [1.54, 1.807) is 0 Å². The van der Waals surface area contributed by atoms with Crippen LogP contribution in [0.25, 0.3) is 0 Å². The minimum absolute atomic E-state index is 0.0817. The maximum Gasteiger partial charge on any atom is 0.306 e. The van der Waals surface area contributed by atoms with Crippen LogP contribution in [0.15, 0.2) is 122 Å². The monoisotopic (exact) mass is 1150 g/mol. The van der Waals surface area contributed by atoms with Gasteiger partial charge in [-0.05, 0) is 122 Å². The summed E-state index contributed by atoms with van der Waals surface area (Å²) in [5, 5.41) is 0. The molecule has 0 radical (unpaired) electrons. The number of rotatable bonds is 63. The minimum Gasteiger partial charge on any atom is -0.462 e. The van der Waals surface area contributed by atoms with Gasteiger partial charge in [-0.25, -0.2) is 0 Å². The van der Waals surface area contributed by atoms with Gasteiger partial charge in [0.05, 0.1) is 0 Å². The zero-order valence-electron chi connectivity index (χ0n) is 54.4. The Labute approximate surface area is 513 Å². The summed E-state index contributed by atoms with van der Waals surface area (Å²) in [6, 6.07) is 0. The van der Waals surface area contributed by atoms with Gasteiger partial charge in [-0.1, -0.05) is 309 Å². The van der Waals surface area contributed by atoms with E-state index in [0.29, 0.717) is 19.3 Å². The van der Waals surface area contributed by atoms with Crippen molar-refractivity contribution in [1.82, 2.24) is 0 Å². The number of ether oxygens (including phenoxy) is 3. The smallest absolute Gasteiger partial charge is 0.306 e. The fourth-order valence-corrected chi connectivity index (χ4v) is 9.74. The molecule has 0 aliphatic rings. The summed E-state index contributed by atoms with van der Waals surface area (Å²) in [4.78, 5) is 38.4. The molecule has 1 atom stereocenters.